The van der Waals surface area contributed by atoms with Crippen LogP contribution in [0, 0.1) is 26.6 Å². The van der Waals surface area contributed by atoms with Gasteiger partial charge in [-0.1, -0.05) is 5.16 Å². The van der Waals surface area contributed by atoms with Crippen LogP contribution in [0.25, 0.3) is 0 Å². The van der Waals surface area contributed by atoms with Crippen LogP contribution < -0.4 is 0 Å². The first-order valence-corrected chi connectivity index (χ1v) is 7.81. The lowest BCUT2D eigenvalue weighted by atomic mass is 10.2. The number of halogens is 1. The molecule has 0 bridgehead atoms. The van der Waals surface area contributed by atoms with Gasteiger partial charge in [0.25, 0.3) is 0 Å². The number of rotatable bonds is 4. The molecule has 1 heterocycles. The molecule has 0 aliphatic rings. The number of hydrogen-bond donors (Lipinski definition) is 0. The minimum Gasteiger partial charge on any atom is -0.361 e. The fraction of sp³-hybridized carbons (Fsp3) is 0.357. The van der Waals surface area contributed by atoms with Crippen LogP contribution in [-0.2, 0) is 16.6 Å². The molecule has 0 N–H and O–H groups in total. The summed E-state index contributed by atoms with van der Waals surface area (Å²) in [7, 11) is -2.22. The molecule has 114 valence electrons. The molecule has 5 nitrogen and oxygen atoms in total. The van der Waals surface area contributed by atoms with Crippen molar-refractivity contribution in [3.05, 3.63) is 46.6 Å². The Kier molecular flexibility index (Phi) is 4.15. The maximum Gasteiger partial charge on any atom is 0.243 e. The van der Waals surface area contributed by atoms with Crippen LogP contribution in [0.3, 0.4) is 0 Å². The molecule has 0 unspecified atom stereocenters. The molecule has 7 heteroatoms. The van der Waals surface area contributed by atoms with Gasteiger partial charge in [-0.2, -0.15) is 4.31 Å². The van der Waals surface area contributed by atoms with Crippen molar-refractivity contribution >= 4 is 10.0 Å². The molecule has 0 fully saturated rings. The van der Waals surface area contributed by atoms with Crippen LogP contribution >= 0.6 is 0 Å². The Hall–Kier alpha value is -1.73. The average molecular weight is 312 g/mol. The Morgan fingerprint density at radius 2 is 1.95 bits per heavy atom. The molecule has 21 heavy (non-hydrogen) atoms. The van der Waals surface area contributed by atoms with Gasteiger partial charge in [0.2, 0.25) is 10.0 Å². The Bertz CT molecular complexity index is 749. The highest BCUT2D eigenvalue weighted by Gasteiger charge is 2.24. The zero-order valence-electron chi connectivity index (χ0n) is 12.3. The third-order valence-corrected chi connectivity index (χ3v) is 5.20. The van der Waals surface area contributed by atoms with Crippen LogP contribution in [0.15, 0.2) is 27.6 Å². The number of aryl methyl sites for hydroxylation is 3. The van der Waals surface area contributed by atoms with E-state index in [0.29, 0.717) is 17.0 Å². The normalized spacial score (nSPS) is 12.1. The zero-order chi connectivity index (χ0) is 15.8. The topological polar surface area (TPSA) is 63.4 Å². The van der Waals surface area contributed by atoms with Crippen molar-refractivity contribution in [1.82, 2.24) is 9.46 Å². The largest absolute Gasteiger partial charge is 0.361 e. The molecule has 2 aromatic rings. The second kappa shape index (κ2) is 5.57. The second-order valence-electron chi connectivity index (χ2n) is 4.97. The van der Waals surface area contributed by atoms with Gasteiger partial charge in [0.1, 0.15) is 11.6 Å². The van der Waals surface area contributed by atoms with E-state index in [2.05, 4.69) is 5.16 Å². The van der Waals surface area contributed by atoms with Crippen molar-refractivity contribution in [1.29, 1.82) is 0 Å². The van der Waals surface area contributed by atoms with Gasteiger partial charge in [-0.3, -0.25) is 0 Å². The Labute approximate surface area is 123 Å². The molecular weight excluding hydrogens is 295 g/mol. The van der Waals surface area contributed by atoms with Gasteiger partial charge in [0.05, 0.1) is 10.6 Å². The lowest BCUT2D eigenvalue weighted by Crippen LogP contribution is -2.27. The van der Waals surface area contributed by atoms with E-state index >= 15 is 0 Å². The number of nitrogens with zero attached hydrogens (tertiary/aromatic N) is 2. The number of sulfonamides is 1. The molecule has 0 spiro atoms. The summed E-state index contributed by atoms with van der Waals surface area (Å²) in [6.07, 6.45) is 0. The SMILES string of the molecule is Cc1cc(S(=O)(=O)N(C)Cc2c(C)noc2C)ccc1F. The summed E-state index contributed by atoms with van der Waals surface area (Å²) in [6.45, 7) is 5.18. The molecule has 0 aliphatic heterocycles. The molecular formula is C14H17FN2O3S. The summed E-state index contributed by atoms with van der Waals surface area (Å²) in [5.41, 5.74) is 1.69. The number of aromatic nitrogens is 1. The van der Waals surface area contributed by atoms with Gasteiger partial charge in [-0.05, 0) is 44.5 Å². The first kappa shape index (κ1) is 15.7. The molecule has 0 amide bonds. The third kappa shape index (κ3) is 2.98. The van der Waals surface area contributed by atoms with E-state index in [1.807, 2.05) is 0 Å². The van der Waals surface area contributed by atoms with Crippen molar-refractivity contribution in [2.24, 2.45) is 0 Å². The molecule has 0 saturated heterocycles. The van der Waals surface area contributed by atoms with Gasteiger partial charge in [0, 0.05) is 19.2 Å². The van der Waals surface area contributed by atoms with Crippen molar-refractivity contribution in [3.63, 3.8) is 0 Å². The van der Waals surface area contributed by atoms with E-state index in [9.17, 15) is 12.8 Å². The molecule has 0 saturated carbocycles. The fourth-order valence-corrected chi connectivity index (χ4v) is 3.22. The summed E-state index contributed by atoms with van der Waals surface area (Å²) in [5, 5.41) is 3.80. The molecule has 0 radical (unpaired) electrons. The molecule has 2 rings (SSSR count). The molecule has 0 aliphatic carbocycles. The highest BCUT2D eigenvalue weighted by atomic mass is 32.2. The average Bonchev–Trinajstić information content (AvgIpc) is 2.73. The standard InChI is InChI=1S/C14H17FN2O3S/c1-9-7-12(5-6-14(9)15)21(18,19)17(4)8-13-10(2)16-20-11(13)3/h5-7H,8H2,1-4H3. The van der Waals surface area contributed by atoms with Crippen molar-refractivity contribution in [2.45, 2.75) is 32.2 Å². The Morgan fingerprint density at radius 1 is 1.29 bits per heavy atom. The highest BCUT2D eigenvalue weighted by Crippen LogP contribution is 2.21. The van der Waals surface area contributed by atoms with Gasteiger partial charge >= 0.3 is 0 Å². The van der Waals surface area contributed by atoms with Crippen LogP contribution in [-0.4, -0.2) is 24.9 Å². The van der Waals surface area contributed by atoms with E-state index in [1.165, 1.54) is 30.4 Å². The predicted octanol–water partition coefficient (Wildman–Crippen LogP) is 2.56. The van der Waals surface area contributed by atoms with Gasteiger partial charge < -0.3 is 4.52 Å². The number of benzene rings is 1. The summed E-state index contributed by atoms with van der Waals surface area (Å²) < 4.78 is 44.5. The van der Waals surface area contributed by atoms with E-state index in [0.717, 1.165) is 11.6 Å². The van der Waals surface area contributed by atoms with Crippen LogP contribution in [0.2, 0.25) is 0 Å². The lowest BCUT2D eigenvalue weighted by Gasteiger charge is -2.17. The van der Waals surface area contributed by atoms with Crippen molar-refractivity contribution in [3.8, 4) is 0 Å². The van der Waals surface area contributed by atoms with E-state index in [4.69, 9.17) is 4.52 Å². The maximum atomic E-state index is 13.3. The quantitative estimate of drug-likeness (QED) is 0.870. The molecule has 1 aromatic carbocycles. The van der Waals surface area contributed by atoms with E-state index < -0.39 is 15.8 Å². The predicted molar refractivity (Wildman–Crippen MR) is 75.8 cm³/mol. The minimum absolute atomic E-state index is 0.0654. The fourth-order valence-electron chi connectivity index (χ4n) is 1.99. The van der Waals surface area contributed by atoms with Gasteiger partial charge in [0.15, 0.2) is 0 Å². The lowest BCUT2D eigenvalue weighted by molar-refractivity contribution is 0.390. The summed E-state index contributed by atoms with van der Waals surface area (Å²) in [5.74, 6) is 0.159. The summed E-state index contributed by atoms with van der Waals surface area (Å²) in [4.78, 5) is 0.0654. The van der Waals surface area contributed by atoms with Gasteiger partial charge in [-0.15, -0.1) is 0 Å². The van der Waals surface area contributed by atoms with Crippen LogP contribution in [0.4, 0.5) is 4.39 Å². The smallest absolute Gasteiger partial charge is 0.243 e. The first-order valence-electron chi connectivity index (χ1n) is 6.37. The first-order chi connectivity index (χ1) is 9.73. The number of hydrogen-bond acceptors (Lipinski definition) is 4. The minimum atomic E-state index is -3.69. The third-order valence-electron chi connectivity index (χ3n) is 3.40. The second-order valence-corrected chi connectivity index (χ2v) is 7.02. The molecule has 0 atom stereocenters. The van der Waals surface area contributed by atoms with E-state index in [-0.39, 0.29) is 11.4 Å². The summed E-state index contributed by atoms with van der Waals surface area (Å²) >= 11 is 0. The van der Waals surface area contributed by atoms with Crippen LogP contribution in [0.1, 0.15) is 22.6 Å². The Balaban J connectivity index is 2.32. The summed E-state index contributed by atoms with van der Waals surface area (Å²) in [6, 6.07) is 3.75. The van der Waals surface area contributed by atoms with Gasteiger partial charge in [-0.25, -0.2) is 12.8 Å². The van der Waals surface area contributed by atoms with Crippen LogP contribution in [0.5, 0.6) is 0 Å². The van der Waals surface area contributed by atoms with Crippen molar-refractivity contribution < 1.29 is 17.3 Å². The van der Waals surface area contributed by atoms with Crippen molar-refractivity contribution in [2.75, 3.05) is 7.05 Å². The molecule has 1 aromatic heterocycles. The maximum absolute atomic E-state index is 13.3. The Morgan fingerprint density at radius 3 is 2.48 bits per heavy atom. The highest BCUT2D eigenvalue weighted by molar-refractivity contribution is 7.89. The monoisotopic (exact) mass is 312 g/mol. The zero-order valence-corrected chi connectivity index (χ0v) is 13.2. The van der Waals surface area contributed by atoms with E-state index in [1.54, 1.807) is 13.8 Å².